The van der Waals surface area contributed by atoms with E-state index >= 15 is 0 Å². The largest absolute Gasteiger partial charge is 0.309 e. The molecule has 21 heavy (non-hydrogen) atoms. The highest BCUT2D eigenvalue weighted by molar-refractivity contribution is 5.32. The first-order valence-electron chi connectivity index (χ1n) is 8.57. The molecule has 0 aliphatic carbocycles. The molecule has 116 valence electrons. The first-order chi connectivity index (χ1) is 10.0. The molecule has 0 radical (unpaired) electrons. The molecule has 2 aliphatic heterocycles. The highest BCUT2D eigenvalue weighted by atomic mass is 15.2. The number of fused-ring (bicyclic) bond motifs is 1. The van der Waals surface area contributed by atoms with Crippen molar-refractivity contribution in [2.45, 2.75) is 46.1 Å². The van der Waals surface area contributed by atoms with E-state index in [4.69, 9.17) is 0 Å². The van der Waals surface area contributed by atoms with Crippen LogP contribution in [0.2, 0.25) is 0 Å². The molecule has 2 aliphatic rings. The van der Waals surface area contributed by atoms with Gasteiger partial charge in [-0.15, -0.1) is 0 Å². The van der Waals surface area contributed by atoms with Gasteiger partial charge >= 0.3 is 0 Å². The second-order valence-electron chi connectivity index (χ2n) is 7.90. The number of likely N-dealkylation sites (tertiary alicyclic amines) is 1. The van der Waals surface area contributed by atoms with Crippen molar-refractivity contribution in [3.63, 3.8) is 0 Å². The minimum absolute atomic E-state index is 0.474. The highest BCUT2D eigenvalue weighted by Crippen LogP contribution is 2.35. The molecule has 2 heterocycles. The number of piperidine rings is 1. The van der Waals surface area contributed by atoms with Gasteiger partial charge in [-0.2, -0.15) is 0 Å². The maximum absolute atomic E-state index is 3.72. The van der Waals surface area contributed by atoms with Crippen LogP contribution < -0.4 is 5.32 Å². The summed E-state index contributed by atoms with van der Waals surface area (Å²) < 4.78 is 0. The SMILES string of the molecule is CC(C)(C)C1CCN(CC2NCCc3ccccc32)CC1. The van der Waals surface area contributed by atoms with Gasteiger partial charge in [0.05, 0.1) is 0 Å². The monoisotopic (exact) mass is 286 g/mol. The Morgan fingerprint density at radius 3 is 2.57 bits per heavy atom. The van der Waals surface area contributed by atoms with E-state index in [0.29, 0.717) is 11.5 Å². The fourth-order valence-corrected chi connectivity index (χ4v) is 4.00. The van der Waals surface area contributed by atoms with E-state index in [1.807, 2.05) is 0 Å². The minimum atomic E-state index is 0.474. The second-order valence-corrected chi connectivity index (χ2v) is 7.90. The van der Waals surface area contributed by atoms with Crippen LogP contribution in [0.25, 0.3) is 0 Å². The fraction of sp³-hybridized carbons (Fsp3) is 0.684. The topological polar surface area (TPSA) is 15.3 Å². The molecule has 2 heteroatoms. The molecule has 0 aromatic heterocycles. The molecule has 0 spiro atoms. The van der Waals surface area contributed by atoms with E-state index in [9.17, 15) is 0 Å². The van der Waals surface area contributed by atoms with Crippen molar-refractivity contribution in [2.75, 3.05) is 26.2 Å². The molecule has 0 saturated carbocycles. The fourth-order valence-electron chi connectivity index (χ4n) is 4.00. The Balaban J connectivity index is 1.59. The molecular formula is C19H30N2. The van der Waals surface area contributed by atoms with Crippen molar-refractivity contribution in [1.82, 2.24) is 10.2 Å². The van der Waals surface area contributed by atoms with Crippen molar-refractivity contribution < 1.29 is 0 Å². The van der Waals surface area contributed by atoms with Crippen LogP contribution in [0.15, 0.2) is 24.3 Å². The van der Waals surface area contributed by atoms with Crippen LogP contribution in [0.3, 0.4) is 0 Å². The third-order valence-corrected chi connectivity index (χ3v) is 5.47. The van der Waals surface area contributed by atoms with Crippen LogP contribution in [0.4, 0.5) is 0 Å². The number of rotatable bonds is 2. The number of benzene rings is 1. The van der Waals surface area contributed by atoms with Crippen LogP contribution >= 0.6 is 0 Å². The van der Waals surface area contributed by atoms with Crippen molar-refractivity contribution >= 4 is 0 Å². The molecule has 1 unspecified atom stereocenters. The van der Waals surface area contributed by atoms with Crippen LogP contribution in [-0.4, -0.2) is 31.1 Å². The van der Waals surface area contributed by atoms with E-state index in [-0.39, 0.29) is 0 Å². The van der Waals surface area contributed by atoms with Gasteiger partial charge in [-0.25, -0.2) is 0 Å². The summed E-state index contributed by atoms with van der Waals surface area (Å²) in [5.74, 6) is 0.889. The van der Waals surface area contributed by atoms with Gasteiger partial charge < -0.3 is 10.2 Å². The average Bonchev–Trinajstić information content (AvgIpc) is 2.47. The Hall–Kier alpha value is -0.860. The molecule has 1 fully saturated rings. The number of hydrogen-bond donors (Lipinski definition) is 1. The van der Waals surface area contributed by atoms with Gasteiger partial charge in [-0.05, 0) is 61.4 Å². The number of hydrogen-bond acceptors (Lipinski definition) is 2. The van der Waals surface area contributed by atoms with E-state index in [2.05, 4.69) is 55.3 Å². The van der Waals surface area contributed by atoms with Crippen LogP contribution in [0, 0.1) is 11.3 Å². The predicted octanol–water partition coefficient (Wildman–Crippen LogP) is 3.63. The van der Waals surface area contributed by atoms with Crippen molar-refractivity contribution in [2.24, 2.45) is 11.3 Å². The Morgan fingerprint density at radius 1 is 1.14 bits per heavy atom. The standard InChI is InChI=1S/C19H30N2/c1-19(2,3)16-9-12-21(13-10-16)14-18-17-7-5-4-6-15(17)8-11-20-18/h4-7,16,18,20H,8-14H2,1-3H3. The molecule has 1 N–H and O–H groups in total. The van der Waals surface area contributed by atoms with E-state index in [1.54, 1.807) is 5.56 Å². The number of nitrogens with zero attached hydrogens (tertiary/aromatic N) is 1. The molecule has 3 rings (SSSR count). The lowest BCUT2D eigenvalue weighted by atomic mass is 9.75. The summed E-state index contributed by atoms with van der Waals surface area (Å²) >= 11 is 0. The highest BCUT2D eigenvalue weighted by Gasteiger charge is 2.30. The molecule has 1 atom stereocenters. The van der Waals surface area contributed by atoms with Gasteiger partial charge in [-0.3, -0.25) is 0 Å². The maximum Gasteiger partial charge on any atom is 0.0452 e. The van der Waals surface area contributed by atoms with Gasteiger partial charge in [0.1, 0.15) is 0 Å². The zero-order valence-corrected chi connectivity index (χ0v) is 13.9. The first-order valence-corrected chi connectivity index (χ1v) is 8.57. The Bertz CT molecular complexity index is 467. The van der Waals surface area contributed by atoms with Crippen molar-refractivity contribution in [3.05, 3.63) is 35.4 Å². The summed E-state index contributed by atoms with van der Waals surface area (Å²) in [4.78, 5) is 2.67. The van der Waals surface area contributed by atoms with E-state index in [1.165, 1.54) is 44.5 Å². The third-order valence-electron chi connectivity index (χ3n) is 5.47. The summed E-state index contributed by atoms with van der Waals surface area (Å²) in [6.45, 7) is 12.0. The zero-order chi connectivity index (χ0) is 14.9. The summed E-state index contributed by atoms with van der Waals surface area (Å²) in [5.41, 5.74) is 3.55. The van der Waals surface area contributed by atoms with Crippen molar-refractivity contribution in [1.29, 1.82) is 0 Å². The van der Waals surface area contributed by atoms with Gasteiger partial charge in [0.2, 0.25) is 0 Å². The maximum atomic E-state index is 3.72. The van der Waals surface area contributed by atoms with Gasteiger partial charge in [-0.1, -0.05) is 45.0 Å². The Morgan fingerprint density at radius 2 is 1.86 bits per heavy atom. The number of nitrogens with one attached hydrogen (secondary N) is 1. The summed E-state index contributed by atoms with van der Waals surface area (Å²) in [6, 6.07) is 9.50. The van der Waals surface area contributed by atoms with Gasteiger partial charge in [0.25, 0.3) is 0 Å². The van der Waals surface area contributed by atoms with Crippen LogP contribution in [0.5, 0.6) is 0 Å². The second kappa shape index (κ2) is 6.10. The minimum Gasteiger partial charge on any atom is -0.309 e. The lowest BCUT2D eigenvalue weighted by molar-refractivity contribution is 0.104. The lowest BCUT2D eigenvalue weighted by Crippen LogP contribution is -2.43. The Labute approximate surface area is 129 Å². The summed E-state index contributed by atoms with van der Waals surface area (Å²) in [7, 11) is 0. The quantitative estimate of drug-likeness (QED) is 0.893. The predicted molar refractivity (Wildman–Crippen MR) is 89.5 cm³/mol. The van der Waals surface area contributed by atoms with Gasteiger partial charge in [0, 0.05) is 12.6 Å². The summed E-state index contributed by atoms with van der Waals surface area (Å²) in [6.07, 6.45) is 3.90. The normalized spacial score (nSPS) is 24.8. The average molecular weight is 286 g/mol. The lowest BCUT2D eigenvalue weighted by Gasteiger charge is -2.40. The molecular weight excluding hydrogens is 256 g/mol. The van der Waals surface area contributed by atoms with Crippen molar-refractivity contribution in [3.8, 4) is 0 Å². The molecule has 1 aromatic carbocycles. The summed E-state index contributed by atoms with van der Waals surface area (Å²) in [5, 5.41) is 3.72. The molecule has 2 nitrogen and oxygen atoms in total. The molecule has 1 saturated heterocycles. The van der Waals surface area contributed by atoms with Crippen LogP contribution in [-0.2, 0) is 6.42 Å². The zero-order valence-electron chi connectivity index (χ0n) is 13.9. The van der Waals surface area contributed by atoms with Gasteiger partial charge in [0.15, 0.2) is 0 Å². The third kappa shape index (κ3) is 3.49. The molecule has 0 amide bonds. The van der Waals surface area contributed by atoms with E-state index < -0.39 is 0 Å². The first kappa shape index (κ1) is 15.1. The Kier molecular flexibility index (Phi) is 4.37. The van der Waals surface area contributed by atoms with Crippen LogP contribution in [0.1, 0.15) is 50.8 Å². The molecule has 0 bridgehead atoms. The van der Waals surface area contributed by atoms with E-state index in [0.717, 1.165) is 12.5 Å². The smallest absolute Gasteiger partial charge is 0.0452 e. The molecule has 1 aromatic rings.